The van der Waals surface area contributed by atoms with Gasteiger partial charge in [-0.05, 0) is 29.3 Å². The van der Waals surface area contributed by atoms with Crippen LogP contribution < -0.4 is 14.4 Å². The van der Waals surface area contributed by atoms with Crippen LogP contribution in [-0.4, -0.2) is 43.7 Å². The molecule has 3 atom stereocenters. The van der Waals surface area contributed by atoms with E-state index in [-0.39, 0.29) is 17.3 Å². The number of Topliss-reactive ketones (excluding diaryl/α,β-unsaturated/α-hetero) is 3. The fourth-order valence-corrected chi connectivity index (χ4v) is 6.78. The maximum Gasteiger partial charge on any atom is 0.180 e. The van der Waals surface area contributed by atoms with Crippen molar-refractivity contribution in [3.8, 4) is 11.5 Å². The summed E-state index contributed by atoms with van der Waals surface area (Å²) in [5, 5.41) is 0. The van der Waals surface area contributed by atoms with E-state index >= 15 is 0 Å². The zero-order valence-corrected chi connectivity index (χ0v) is 22.7. The zero-order chi connectivity index (χ0) is 27.7. The summed E-state index contributed by atoms with van der Waals surface area (Å²) in [5.41, 5.74) is 1.02. The molecule has 0 amide bonds. The summed E-state index contributed by atoms with van der Waals surface area (Å²) in [7, 11) is 3.11. The van der Waals surface area contributed by atoms with E-state index in [1.54, 1.807) is 44.6 Å². The second-order valence-corrected chi connectivity index (χ2v) is 11.5. The Hall–Kier alpha value is -4.19. The number of fused-ring (bicyclic) bond motifs is 5. The number of ketones is 3. The van der Waals surface area contributed by atoms with Crippen LogP contribution in [0.15, 0.2) is 72.8 Å². The summed E-state index contributed by atoms with van der Waals surface area (Å²) in [6.45, 7) is 5.67. The van der Waals surface area contributed by atoms with Gasteiger partial charge in [-0.3, -0.25) is 14.4 Å². The zero-order valence-electron chi connectivity index (χ0n) is 22.7. The number of carbonyl (C=O) groups is 3. The molecule has 1 aliphatic carbocycles. The Kier molecular flexibility index (Phi) is 5.58. The number of rotatable bonds is 4. The van der Waals surface area contributed by atoms with Gasteiger partial charge < -0.3 is 14.4 Å². The molecule has 0 saturated carbocycles. The number of methoxy groups -OCH3 is 2. The Labute approximate surface area is 228 Å². The standard InChI is InChI=1S/C33H31NO5/c1-32(2,3)31(37)28-27(20-14-16-24(38-4)25(18-20)39-5)33(29(35)21-11-7-8-12-22(21)30(33)36)26-17-15-19-10-6-9-13-23(19)34(26)28/h6-18,26-28H,1-5H3/t26-,27-,28-/m1/s1. The molecule has 3 aromatic carbocycles. The van der Waals surface area contributed by atoms with Gasteiger partial charge in [-0.1, -0.05) is 81.5 Å². The first-order chi connectivity index (χ1) is 18.7. The lowest BCUT2D eigenvalue weighted by molar-refractivity contribution is -0.127. The van der Waals surface area contributed by atoms with Crippen LogP contribution >= 0.6 is 0 Å². The lowest BCUT2D eigenvalue weighted by Crippen LogP contribution is -2.49. The Bertz CT molecular complexity index is 1530. The molecule has 2 aliphatic heterocycles. The van der Waals surface area contributed by atoms with Crippen LogP contribution in [0, 0.1) is 10.8 Å². The molecule has 0 bridgehead atoms. The SMILES string of the molecule is COc1ccc([C@@H]2[C@H](C(=O)C(C)(C)C)N3c4ccccc4C=C[C@@H]3C23C(=O)c2ccccc2C3=O)cc1OC. The number of anilines is 1. The smallest absolute Gasteiger partial charge is 0.180 e. The molecule has 0 unspecified atom stereocenters. The van der Waals surface area contributed by atoms with E-state index in [4.69, 9.17) is 9.47 Å². The molecule has 1 spiro atoms. The minimum atomic E-state index is -1.53. The predicted molar refractivity (Wildman–Crippen MR) is 150 cm³/mol. The van der Waals surface area contributed by atoms with Crippen molar-refractivity contribution >= 4 is 29.1 Å². The number of carbonyl (C=O) groups excluding carboxylic acids is 3. The van der Waals surface area contributed by atoms with E-state index in [9.17, 15) is 14.4 Å². The average molecular weight is 522 g/mol. The fourth-order valence-electron chi connectivity index (χ4n) is 6.78. The van der Waals surface area contributed by atoms with Crippen LogP contribution in [-0.2, 0) is 4.79 Å². The maximum atomic E-state index is 14.6. The van der Waals surface area contributed by atoms with E-state index in [0.717, 1.165) is 11.3 Å². The summed E-state index contributed by atoms with van der Waals surface area (Å²) in [6.07, 6.45) is 3.91. The molecule has 3 aromatic rings. The van der Waals surface area contributed by atoms with Gasteiger partial charge in [-0.25, -0.2) is 0 Å². The van der Waals surface area contributed by atoms with Gasteiger partial charge in [0.05, 0.1) is 26.3 Å². The largest absolute Gasteiger partial charge is 0.493 e. The molecule has 198 valence electrons. The second-order valence-electron chi connectivity index (χ2n) is 11.5. The van der Waals surface area contributed by atoms with Crippen molar-refractivity contribution in [3.05, 3.63) is 95.1 Å². The number of benzene rings is 3. The molecule has 6 nitrogen and oxygen atoms in total. The monoisotopic (exact) mass is 521 g/mol. The van der Waals surface area contributed by atoms with Gasteiger partial charge in [0.15, 0.2) is 28.8 Å². The molecule has 1 saturated heterocycles. The number of nitrogens with zero attached hydrogens (tertiary/aromatic N) is 1. The van der Waals surface area contributed by atoms with Crippen molar-refractivity contribution in [2.75, 3.05) is 19.1 Å². The topological polar surface area (TPSA) is 72.9 Å². The van der Waals surface area contributed by atoms with Crippen LogP contribution in [0.25, 0.3) is 6.08 Å². The summed E-state index contributed by atoms with van der Waals surface area (Å²) in [6, 6.07) is 18.9. The first-order valence-corrected chi connectivity index (χ1v) is 13.2. The van der Waals surface area contributed by atoms with E-state index in [2.05, 4.69) is 0 Å². The highest BCUT2D eigenvalue weighted by atomic mass is 16.5. The highest BCUT2D eigenvalue weighted by molar-refractivity contribution is 6.32. The molecule has 0 aromatic heterocycles. The molecule has 6 heteroatoms. The van der Waals surface area contributed by atoms with E-state index in [0.29, 0.717) is 28.2 Å². The van der Waals surface area contributed by atoms with E-state index in [1.807, 2.05) is 74.2 Å². The van der Waals surface area contributed by atoms with Crippen molar-refractivity contribution in [2.24, 2.45) is 10.8 Å². The van der Waals surface area contributed by atoms with Crippen molar-refractivity contribution in [2.45, 2.75) is 38.8 Å². The average Bonchev–Trinajstić information content (AvgIpc) is 3.38. The number of hydrogen-bond donors (Lipinski definition) is 0. The lowest BCUT2D eigenvalue weighted by atomic mass is 9.63. The van der Waals surface area contributed by atoms with E-state index in [1.165, 1.54) is 0 Å². The third kappa shape index (κ3) is 3.30. The van der Waals surface area contributed by atoms with Crippen LogP contribution in [0.5, 0.6) is 11.5 Å². The van der Waals surface area contributed by atoms with Crippen molar-refractivity contribution < 1.29 is 23.9 Å². The van der Waals surface area contributed by atoms with Gasteiger partial charge in [0.2, 0.25) is 0 Å². The minimum Gasteiger partial charge on any atom is -0.493 e. The molecule has 3 aliphatic rings. The first-order valence-electron chi connectivity index (χ1n) is 13.2. The van der Waals surface area contributed by atoms with E-state index < -0.39 is 28.8 Å². The molecule has 0 N–H and O–H groups in total. The molecule has 39 heavy (non-hydrogen) atoms. The van der Waals surface area contributed by atoms with Crippen LogP contribution in [0.3, 0.4) is 0 Å². The lowest BCUT2D eigenvalue weighted by Gasteiger charge is -2.38. The Morgan fingerprint density at radius 1 is 0.846 bits per heavy atom. The molecule has 2 heterocycles. The summed E-state index contributed by atoms with van der Waals surface area (Å²) < 4.78 is 11.1. The number of ether oxygens (including phenoxy) is 2. The summed E-state index contributed by atoms with van der Waals surface area (Å²) >= 11 is 0. The summed E-state index contributed by atoms with van der Waals surface area (Å²) in [5.74, 6) is -0.286. The molecule has 0 radical (unpaired) electrons. The van der Waals surface area contributed by atoms with Crippen molar-refractivity contribution in [1.29, 1.82) is 0 Å². The quantitative estimate of drug-likeness (QED) is 0.407. The molecule has 1 fully saturated rings. The first kappa shape index (κ1) is 25.1. The minimum absolute atomic E-state index is 0.0363. The molecular formula is C33H31NO5. The normalized spacial score (nSPS) is 22.5. The number of para-hydroxylation sites is 1. The highest BCUT2D eigenvalue weighted by Crippen LogP contribution is 2.61. The van der Waals surface area contributed by atoms with Gasteiger partial charge in [0.1, 0.15) is 5.41 Å². The molecular weight excluding hydrogens is 490 g/mol. The molecule has 6 rings (SSSR count). The highest BCUT2D eigenvalue weighted by Gasteiger charge is 2.72. The Balaban J connectivity index is 1.70. The predicted octanol–water partition coefficient (Wildman–Crippen LogP) is 5.75. The van der Waals surface area contributed by atoms with Gasteiger partial charge in [-0.15, -0.1) is 0 Å². The van der Waals surface area contributed by atoms with Crippen LogP contribution in [0.1, 0.15) is 58.5 Å². The van der Waals surface area contributed by atoms with Gasteiger partial charge in [0, 0.05) is 28.1 Å². The van der Waals surface area contributed by atoms with Crippen molar-refractivity contribution in [3.63, 3.8) is 0 Å². The van der Waals surface area contributed by atoms with Gasteiger partial charge in [-0.2, -0.15) is 0 Å². The third-order valence-electron chi connectivity index (χ3n) is 8.49. The van der Waals surface area contributed by atoms with Crippen LogP contribution in [0.2, 0.25) is 0 Å². The summed E-state index contributed by atoms with van der Waals surface area (Å²) in [4.78, 5) is 45.8. The van der Waals surface area contributed by atoms with Crippen molar-refractivity contribution in [1.82, 2.24) is 0 Å². The van der Waals surface area contributed by atoms with Crippen LogP contribution in [0.4, 0.5) is 5.69 Å². The Morgan fingerprint density at radius 3 is 2.08 bits per heavy atom. The Morgan fingerprint density at radius 2 is 1.46 bits per heavy atom. The number of hydrogen-bond acceptors (Lipinski definition) is 6. The fraction of sp³-hybridized carbons (Fsp3) is 0.303. The second kappa shape index (κ2) is 8.67. The third-order valence-corrected chi connectivity index (χ3v) is 8.49. The van der Waals surface area contributed by atoms with Gasteiger partial charge >= 0.3 is 0 Å². The van der Waals surface area contributed by atoms with Gasteiger partial charge in [0.25, 0.3) is 0 Å². The maximum absolute atomic E-state index is 14.6.